The number of aromatic carboxylic acids is 1. The second-order valence-corrected chi connectivity index (χ2v) is 12.2. The molecule has 3 aliphatic rings. The van der Waals surface area contributed by atoms with Gasteiger partial charge in [-0.15, -0.1) is 0 Å². The second kappa shape index (κ2) is 10.3. The van der Waals surface area contributed by atoms with Crippen molar-refractivity contribution in [2.75, 3.05) is 25.2 Å². The van der Waals surface area contributed by atoms with E-state index >= 15 is 0 Å². The van der Waals surface area contributed by atoms with E-state index in [1.807, 2.05) is 0 Å². The minimum Gasteiger partial charge on any atom is -0.494 e. The van der Waals surface area contributed by atoms with Crippen LogP contribution in [-0.2, 0) is 9.53 Å². The molecule has 1 aromatic heterocycles. The molecule has 2 aliphatic carbocycles. The molecule has 39 heavy (non-hydrogen) atoms. The summed E-state index contributed by atoms with van der Waals surface area (Å²) in [5, 5.41) is 11.1. The molecule has 3 atom stereocenters. The number of hydrogen-bond donors (Lipinski definition) is 2. The summed E-state index contributed by atoms with van der Waals surface area (Å²) in [7, 11) is 1.52. The number of ether oxygens (including phenoxy) is 2. The molecule has 2 saturated carbocycles. The number of carboxylic acid groups (broad SMARTS) is 1. The molecule has 0 amide bonds. The van der Waals surface area contributed by atoms with Gasteiger partial charge in [0.25, 0.3) is 0 Å². The first kappa shape index (κ1) is 26.4. The van der Waals surface area contributed by atoms with Crippen LogP contribution in [0.25, 0.3) is 15.9 Å². The fourth-order valence-corrected chi connectivity index (χ4v) is 7.41. The summed E-state index contributed by atoms with van der Waals surface area (Å²) < 4.78 is 12.6. The van der Waals surface area contributed by atoms with Crippen molar-refractivity contribution in [1.82, 2.24) is 4.98 Å². The van der Waals surface area contributed by atoms with Crippen molar-refractivity contribution in [3.8, 4) is 5.75 Å². The lowest BCUT2D eigenvalue weighted by molar-refractivity contribution is -0.117. The number of benzene rings is 2. The van der Waals surface area contributed by atoms with Crippen LogP contribution in [0.3, 0.4) is 0 Å². The Morgan fingerprint density at radius 3 is 2.56 bits per heavy atom. The molecule has 3 unspecified atom stereocenters. The van der Waals surface area contributed by atoms with Crippen molar-refractivity contribution in [2.45, 2.75) is 37.8 Å². The van der Waals surface area contributed by atoms with Crippen molar-refractivity contribution >= 4 is 67.3 Å². The normalized spacial score (nSPS) is 22.8. The van der Waals surface area contributed by atoms with Crippen LogP contribution in [-0.4, -0.2) is 54.3 Å². The van der Waals surface area contributed by atoms with E-state index in [4.69, 9.17) is 43.4 Å². The number of anilines is 1. The van der Waals surface area contributed by atoms with Gasteiger partial charge in [-0.2, -0.15) is 0 Å². The molecule has 3 fully saturated rings. The van der Waals surface area contributed by atoms with E-state index in [1.165, 1.54) is 24.5 Å². The molecule has 2 heterocycles. The van der Waals surface area contributed by atoms with E-state index < -0.39 is 5.97 Å². The number of Topliss-reactive ketones (excluding diaryl/α,β-unsaturated/α-hetero) is 1. The highest BCUT2D eigenvalue weighted by atomic mass is 35.5. The number of aromatic nitrogens is 1. The minimum absolute atomic E-state index is 0.00898. The lowest BCUT2D eigenvalue weighted by atomic mass is 10.0. The average molecular weight is 589 g/mol. The van der Waals surface area contributed by atoms with E-state index in [-0.39, 0.29) is 47.6 Å². The Morgan fingerprint density at radius 2 is 1.95 bits per heavy atom. The van der Waals surface area contributed by atoms with Crippen LogP contribution in [0.1, 0.15) is 41.6 Å². The Bertz CT molecular complexity index is 1500. The molecular formula is C28H27Cl2N3O5S. The average Bonchev–Trinajstić information content (AvgIpc) is 3.36. The van der Waals surface area contributed by atoms with Crippen molar-refractivity contribution in [3.63, 3.8) is 0 Å². The van der Waals surface area contributed by atoms with Gasteiger partial charge in [-0.05, 0) is 49.9 Å². The molecule has 3 N–H and O–H groups in total. The first-order chi connectivity index (χ1) is 18.7. The smallest absolute Gasteiger partial charge is 0.335 e. The number of rotatable bonds is 9. The Hall–Kier alpha value is -2.85. The van der Waals surface area contributed by atoms with E-state index in [9.17, 15) is 14.7 Å². The van der Waals surface area contributed by atoms with Crippen molar-refractivity contribution in [2.24, 2.45) is 17.6 Å². The molecule has 2 bridgehead atoms. The van der Waals surface area contributed by atoms with E-state index in [0.29, 0.717) is 32.4 Å². The standard InChI is InChI=1S/C28H27Cl2N3O5S/c1-37-21-8-14(27(35)36)9-22-25(21)32-28(39-22)33-11-15-7-16(33)10-20(15)38-12-17(26(34)13-5-6-13)24(31)23-18(29)3-2-4-19(23)30/h2-4,8-9,13,15-16,20H,5-7,10-12,31H2,1H3,(H,35,36). The molecular weight excluding hydrogens is 561 g/mol. The third-order valence-corrected chi connectivity index (χ3v) is 9.55. The number of fused-ring (bicyclic) bond motifs is 3. The van der Waals surface area contributed by atoms with Gasteiger partial charge in [-0.25, -0.2) is 9.78 Å². The summed E-state index contributed by atoms with van der Waals surface area (Å²) in [4.78, 5) is 31.8. The Balaban J connectivity index is 1.19. The monoisotopic (exact) mass is 587 g/mol. The predicted molar refractivity (Wildman–Crippen MR) is 152 cm³/mol. The first-order valence-corrected chi connectivity index (χ1v) is 14.4. The van der Waals surface area contributed by atoms with Gasteiger partial charge in [0.1, 0.15) is 11.3 Å². The number of thiazole rings is 1. The van der Waals surface area contributed by atoms with Crippen LogP contribution in [0.4, 0.5) is 5.13 Å². The number of halogens is 2. The topological polar surface area (TPSA) is 115 Å². The summed E-state index contributed by atoms with van der Waals surface area (Å²) in [5.41, 5.74) is 8.55. The van der Waals surface area contributed by atoms with E-state index in [2.05, 4.69) is 4.90 Å². The zero-order chi connectivity index (χ0) is 27.4. The maximum Gasteiger partial charge on any atom is 0.335 e. The van der Waals surface area contributed by atoms with E-state index in [0.717, 1.165) is 42.1 Å². The number of carboxylic acids is 1. The van der Waals surface area contributed by atoms with Crippen LogP contribution in [0.15, 0.2) is 35.9 Å². The number of piperidine rings is 1. The van der Waals surface area contributed by atoms with Gasteiger partial charge in [0, 0.05) is 35.6 Å². The van der Waals surface area contributed by atoms with Crippen LogP contribution in [0, 0.1) is 11.8 Å². The van der Waals surface area contributed by atoms with Gasteiger partial charge >= 0.3 is 5.97 Å². The van der Waals surface area contributed by atoms with Crippen molar-refractivity contribution in [3.05, 3.63) is 57.1 Å². The fourth-order valence-electron chi connectivity index (χ4n) is 5.70. The van der Waals surface area contributed by atoms with Gasteiger partial charge in [-0.1, -0.05) is 40.6 Å². The maximum atomic E-state index is 13.2. The third-order valence-electron chi connectivity index (χ3n) is 7.88. The van der Waals surface area contributed by atoms with Gasteiger partial charge < -0.3 is 25.2 Å². The van der Waals surface area contributed by atoms with Gasteiger partial charge in [0.2, 0.25) is 0 Å². The van der Waals surface area contributed by atoms with Crippen LogP contribution >= 0.6 is 34.5 Å². The number of carbonyl (C=O) groups excluding carboxylic acids is 1. The molecule has 1 saturated heterocycles. The molecule has 11 heteroatoms. The van der Waals surface area contributed by atoms with Crippen LogP contribution in [0.5, 0.6) is 5.75 Å². The Labute approximate surface area is 239 Å². The summed E-state index contributed by atoms with van der Waals surface area (Å²) in [6.07, 6.45) is 3.46. The maximum absolute atomic E-state index is 13.2. The molecule has 8 nitrogen and oxygen atoms in total. The fraction of sp³-hybridized carbons (Fsp3) is 0.393. The highest BCUT2D eigenvalue weighted by molar-refractivity contribution is 7.22. The summed E-state index contributed by atoms with van der Waals surface area (Å²) in [6.45, 7) is 0.887. The molecule has 2 aromatic carbocycles. The Morgan fingerprint density at radius 1 is 1.21 bits per heavy atom. The number of nitrogens with zero attached hydrogens (tertiary/aromatic N) is 2. The number of ketones is 1. The van der Waals surface area contributed by atoms with Crippen LogP contribution < -0.4 is 15.4 Å². The summed E-state index contributed by atoms with van der Waals surface area (Å²) in [5.74, 6) is -0.278. The van der Waals surface area contributed by atoms with Gasteiger partial charge in [0.05, 0.1) is 45.8 Å². The van der Waals surface area contributed by atoms with Gasteiger partial charge in [-0.3, -0.25) is 4.79 Å². The predicted octanol–water partition coefficient (Wildman–Crippen LogP) is 5.64. The zero-order valence-corrected chi connectivity index (χ0v) is 23.5. The number of hydrogen-bond acceptors (Lipinski definition) is 8. The SMILES string of the molecule is COc1cc(C(=O)O)cc2sc(N3CC4CC3CC4OCC(C(=O)C3CC3)=C(N)c3c(Cl)cccc3Cl)nc12. The van der Waals surface area contributed by atoms with Crippen molar-refractivity contribution in [1.29, 1.82) is 0 Å². The zero-order valence-electron chi connectivity index (χ0n) is 21.2. The second-order valence-electron chi connectivity index (χ2n) is 10.3. The number of nitrogens with two attached hydrogens (primary N) is 1. The quantitative estimate of drug-likeness (QED) is 0.309. The van der Waals surface area contributed by atoms with E-state index in [1.54, 1.807) is 24.3 Å². The minimum atomic E-state index is -1.00. The first-order valence-electron chi connectivity index (χ1n) is 12.8. The molecule has 204 valence electrons. The van der Waals surface area contributed by atoms with Crippen LogP contribution in [0.2, 0.25) is 10.0 Å². The molecule has 1 aliphatic heterocycles. The molecule has 0 spiro atoms. The van der Waals surface area contributed by atoms with Crippen molar-refractivity contribution < 1.29 is 24.2 Å². The highest BCUT2D eigenvalue weighted by Gasteiger charge is 2.46. The summed E-state index contributed by atoms with van der Waals surface area (Å²) in [6, 6.07) is 8.55. The molecule has 3 aromatic rings. The number of carbonyl (C=O) groups is 2. The molecule has 0 radical (unpaired) electrons. The lowest BCUT2D eigenvalue weighted by Crippen LogP contribution is -2.39. The Kier molecular flexibility index (Phi) is 6.95. The van der Waals surface area contributed by atoms with Gasteiger partial charge in [0.15, 0.2) is 10.9 Å². The largest absolute Gasteiger partial charge is 0.494 e. The molecule has 6 rings (SSSR count). The summed E-state index contributed by atoms with van der Waals surface area (Å²) >= 11 is 14.3. The highest BCUT2D eigenvalue weighted by Crippen LogP contribution is 2.45. The third kappa shape index (κ3) is 4.86. The lowest BCUT2D eigenvalue weighted by Gasteiger charge is -2.31. The number of methoxy groups -OCH3 is 1.